The minimum Gasteiger partial charge on any atom is -0.377 e. The van der Waals surface area contributed by atoms with Crippen LogP contribution in [0.2, 0.25) is 0 Å². The Bertz CT molecular complexity index is 574. The third kappa shape index (κ3) is 3.13. The van der Waals surface area contributed by atoms with E-state index in [2.05, 4.69) is 15.5 Å². The van der Waals surface area contributed by atoms with Crippen LogP contribution in [0.1, 0.15) is 21.7 Å². The number of para-hydroxylation sites is 1. The van der Waals surface area contributed by atoms with Crippen LogP contribution < -0.4 is 10.2 Å². The van der Waals surface area contributed by atoms with Gasteiger partial charge in [0.1, 0.15) is 0 Å². The van der Waals surface area contributed by atoms with Crippen LogP contribution in [-0.2, 0) is 6.54 Å². The van der Waals surface area contributed by atoms with Crippen molar-refractivity contribution in [3.05, 3.63) is 47.3 Å². The summed E-state index contributed by atoms with van der Waals surface area (Å²) >= 11 is 0. The van der Waals surface area contributed by atoms with Crippen molar-refractivity contribution < 1.29 is 4.79 Å². The average Bonchev–Trinajstić information content (AvgIpc) is 2.81. The van der Waals surface area contributed by atoms with Gasteiger partial charge < -0.3 is 10.2 Å². The van der Waals surface area contributed by atoms with Crippen molar-refractivity contribution in [2.75, 3.05) is 19.0 Å². The van der Waals surface area contributed by atoms with Gasteiger partial charge in [-0.1, -0.05) is 12.1 Å². The summed E-state index contributed by atoms with van der Waals surface area (Å²) in [5.41, 5.74) is 3.38. The zero-order valence-electron chi connectivity index (χ0n) is 11.4. The van der Waals surface area contributed by atoms with Crippen LogP contribution in [0.5, 0.6) is 0 Å². The van der Waals surface area contributed by atoms with Gasteiger partial charge in [-0.15, -0.1) is 0 Å². The molecule has 19 heavy (non-hydrogen) atoms. The molecule has 5 nitrogen and oxygen atoms in total. The van der Waals surface area contributed by atoms with Crippen molar-refractivity contribution in [3.8, 4) is 0 Å². The van der Waals surface area contributed by atoms with Crippen LogP contribution >= 0.6 is 0 Å². The van der Waals surface area contributed by atoms with Crippen LogP contribution in [0.4, 0.5) is 5.69 Å². The van der Waals surface area contributed by atoms with Crippen LogP contribution in [0.25, 0.3) is 0 Å². The van der Waals surface area contributed by atoms with E-state index in [1.807, 2.05) is 56.3 Å². The van der Waals surface area contributed by atoms with E-state index in [0.29, 0.717) is 12.1 Å². The topological polar surface area (TPSA) is 61.0 Å². The number of amides is 1. The van der Waals surface area contributed by atoms with Gasteiger partial charge in [0.25, 0.3) is 5.91 Å². The van der Waals surface area contributed by atoms with Gasteiger partial charge in [0.05, 0.1) is 17.8 Å². The van der Waals surface area contributed by atoms with E-state index in [-0.39, 0.29) is 5.91 Å². The van der Waals surface area contributed by atoms with Gasteiger partial charge in [-0.25, -0.2) is 0 Å². The van der Waals surface area contributed by atoms with Crippen molar-refractivity contribution in [3.63, 3.8) is 0 Å². The maximum Gasteiger partial charge on any atom is 0.253 e. The number of H-pyrrole nitrogens is 1. The molecule has 1 aromatic carbocycles. The Kier molecular flexibility index (Phi) is 3.85. The third-order valence-electron chi connectivity index (χ3n) is 2.82. The molecule has 0 bridgehead atoms. The van der Waals surface area contributed by atoms with Crippen LogP contribution in [0.3, 0.4) is 0 Å². The molecule has 0 aliphatic rings. The molecule has 0 aliphatic carbocycles. The number of anilines is 1. The summed E-state index contributed by atoms with van der Waals surface area (Å²) in [4.78, 5) is 14.1. The molecule has 100 valence electrons. The van der Waals surface area contributed by atoms with E-state index in [9.17, 15) is 4.79 Å². The number of carbonyl (C=O) groups excluding carboxylic acids is 1. The molecule has 0 atom stereocenters. The SMILES string of the molecule is Cc1cc(CNC(=O)c2ccccc2N(C)C)n[nH]1. The Morgan fingerprint density at radius 3 is 2.74 bits per heavy atom. The van der Waals surface area contributed by atoms with E-state index < -0.39 is 0 Å². The minimum atomic E-state index is -0.0926. The number of aromatic amines is 1. The molecule has 0 unspecified atom stereocenters. The molecule has 1 amide bonds. The highest BCUT2D eigenvalue weighted by Gasteiger charge is 2.12. The normalized spacial score (nSPS) is 10.3. The zero-order chi connectivity index (χ0) is 13.8. The molecule has 2 N–H and O–H groups in total. The molecule has 0 saturated carbocycles. The van der Waals surface area contributed by atoms with E-state index in [1.54, 1.807) is 0 Å². The third-order valence-corrected chi connectivity index (χ3v) is 2.82. The molecule has 5 heteroatoms. The number of rotatable bonds is 4. The van der Waals surface area contributed by atoms with Gasteiger partial charge in [0.15, 0.2) is 0 Å². The molecular formula is C14H18N4O. The van der Waals surface area contributed by atoms with Crippen LogP contribution in [0.15, 0.2) is 30.3 Å². The van der Waals surface area contributed by atoms with Crippen LogP contribution in [-0.4, -0.2) is 30.2 Å². The molecule has 1 heterocycles. The van der Waals surface area contributed by atoms with Crippen molar-refractivity contribution >= 4 is 11.6 Å². The Labute approximate surface area is 112 Å². The number of hydrogen-bond acceptors (Lipinski definition) is 3. The quantitative estimate of drug-likeness (QED) is 0.877. The highest BCUT2D eigenvalue weighted by molar-refractivity contribution is 5.99. The monoisotopic (exact) mass is 258 g/mol. The summed E-state index contributed by atoms with van der Waals surface area (Å²) in [6.07, 6.45) is 0. The maximum atomic E-state index is 12.2. The standard InChI is InChI=1S/C14H18N4O/c1-10-8-11(17-16-10)9-15-14(19)12-6-4-5-7-13(12)18(2)3/h4-8H,9H2,1-3H3,(H,15,19)(H,16,17). The lowest BCUT2D eigenvalue weighted by atomic mass is 10.1. The minimum absolute atomic E-state index is 0.0926. The second-order valence-corrected chi connectivity index (χ2v) is 4.64. The molecule has 2 rings (SSSR count). The molecule has 0 saturated heterocycles. The lowest BCUT2D eigenvalue weighted by Gasteiger charge is -2.16. The molecule has 2 aromatic rings. The zero-order valence-corrected chi connectivity index (χ0v) is 11.4. The molecule has 1 aromatic heterocycles. The van der Waals surface area contributed by atoms with Gasteiger partial charge in [-0.2, -0.15) is 5.10 Å². The summed E-state index contributed by atoms with van der Waals surface area (Å²) in [7, 11) is 3.84. The molecule has 0 fully saturated rings. The van der Waals surface area contributed by atoms with Gasteiger partial charge in [0, 0.05) is 25.5 Å². The first-order chi connectivity index (χ1) is 9.08. The first-order valence-corrected chi connectivity index (χ1v) is 6.13. The van der Waals surface area contributed by atoms with Crippen LogP contribution in [0, 0.1) is 6.92 Å². The predicted octanol–water partition coefficient (Wildman–Crippen LogP) is 1.71. The second-order valence-electron chi connectivity index (χ2n) is 4.64. The predicted molar refractivity (Wildman–Crippen MR) is 75.3 cm³/mol. The van der Waals surface area contributed by atoms with Gasteiger partial charge in [-0.05, 0) is 25.1 Å². The van der Waals surface area contributed by atoms with Gasteiger partial charge in [-0.3, -0.25) is 9.89 Å². The number of carbonyl (C=O) groups is 1. The fraction of sp³-hybridized carbons (Fsp3) is 0.286. The van der Waals surface area contributed by atoms with E-state index in [1.165, 1.54) is 0 Å². The number of nitrogens with zero attached hydrogens (tertiary/aromatic N) is 2. The lowest BCUT2D eigenvalue weighted by molar-refractivity contribution is 0.0951. The Morgan fingerprint density at radius 2 is 2.11 bits per heavy atom. The Morgan fingerprint density at radius 1 is 1.37 bits per heavy atom. The Hall–Kier alpha value is -2.30. The molecular weight excluding hydrogens is 240 g/mol. The van der Waals surface area contributed by atoms with Crippen molar-refractivity contribution in [2.24, 2.45) is 0 Å². The highest BCUT2D eigenvalue weighted by Crippen LogP contribution is 2.17. The first kappa shape index (κ1) is 13.1. The second kappa shape index (κ2) is 5.56. The van der Waals surface area contributed by atoms with Crippen molar-refractivity contribution in [1.29, 1.82) is 0 Å². The summed E-state index contributed by atoms with van der Waals surface area (Å²) in [6, 6.07) is 9.44. The number of hydrogen-bond donors (Lipinski definition) is 2. The summed E-state index contributed by atoms with van der Waals surface area (Å²) in [6.45, 7) is 2.35. The van der Waals surface area contributed by atoms with Gasteiger partial charge in [0.2, 0.25) is 0 Å². The summed E-state index contributed by atoms with van der Waals surface area (Å²) in [5, 5.41) is 9.82. The average molecular weight is 258 g/mol. The number of nitrogens with one attached hydrogen (secondary N) is 2. The maximum absolute atomic E-state index is 12.2. The summed E-state index contributed by atoms with van der Waals surface area (Å²) < 4.78 is 0. The fourth-order valence-electron chi connectivity index (χ4n) is 1.89. The summed E-state index contributed by atoms with van der Waals surface area (Å²) in [5.74, 6) is -0.0926. The molecule has 0 spiro atoms. The first-order valence-electron chi connectivity index (χ1n) is 6.13. The molecule has 0 radical (unpaired) electrons. The highest BCUT2D eigenvalue weighted by atomic mass is 16.1. The van der Waals surface area contributed by atoms with E-state index >= 15 is 0 Å². The number of aromatic nitrogens is 2. The number of benzene rings is 1. The van der Waals surface area contributed by atoms with Crippen molar-refractivity contribution in [2.45, 2.75) is 13.5 Å². The van der Waals surface area contributed by atoms with Gasteiger partial charge >= 0.3 is 0 Å². The number of aryl methyl sites for hydroxylation is 1. The van der Waals surface area contributed by atoms with E-state index in [4.69, 9.17) is 0 Å². The lowest BCUT2D eigenvalue weighted by Crippen LogP contribution is -2.25. The van der Waals surface area contributed by atoms with E-state index in [0.717, 1.165) is 17.1 Å². The largest absolute Gasteiger partial charge is 0.377 e. The fourth-order valence-corrected chi connectivity index (χ4v) is 1.89. The van der Waals surface area contributed by atoms with Crippen molar-refractivity contribution in [1.82, 2.24) is 15.5 Å². The Balaban J connectivity index is 2.08. The smallest absolute Gasteiger partial charge is 0.253 e. The molecule has 0 aliphatic heterocycles.